The van der Waals surface area contributed by atoms with Gasteiger partial charge in [0.05, 0.1) is 11.5 Å². The highest BCUT2D eigenvalue weighted by Crippen LogP contribution is 2.26. The number of likely N-dealkylation sites (tertiary alicyclic amines) is 1. The zero-order valence-corrected chi connectivity index (χ0v) is 21.4. The van der Waals surface area contributed by atoms with Gasteiger partial charge in [-0.2, -0.15) is 0 Å². The van der Waals surface area contributed by atoms with Crippen LogP contribution >= 0.6 is 24.8 Å². The zero-order chi connectivity index (χ0) is 22.6. The molecule has 3 aromatic rings. The summed E-state index contributed by atoms with van der Waals surface area (Å²) in [4.78, 5) is 6.76. The summed E-state index contributed by atoms with van der Waals surface area (Å²) >= 11 is 0. The van der Waals surface area contributed by atoms with E-state index in [-0.39, 0.29) is 30.6 Å². The maximum Gasteiger partial charge on any atom is 0.243 e. The molecule has 1 atom stereocenters. The molecule has 10 heteroatoms. The summed E-state index contributed by atoms with van der Waals surface area (Å²) in [5.74, 6) is 0.691. The molecular formula is C24H30Cl2FN3O3S. The lowest BCUT2D eigenvalue weighted by Crippen LogP contribution is -2.33. The van der Waals surface area contributed by atoms with E-state index in [1.807, 2.05) is 6.07 Å². The van der Waals surface area contributed by atoms with Crippen molar-refractivity contribution >= 4 is 45.6 Å². The number of halogens is 3. The standard InChI is InChI=1S/C24H28FN3O3S.2ClH/c1-27(32(29,30)24-5-2-4-20-16-26-12-10-23(20)24)17-19-11-14-28(18-19)13-3-15-31-22-8-6-21(25)7-9-22;;/h2,4-10,12,16,19H,3,11,13-15,17-18H2,1H3;2*1H. The van der Waals surface area contributed by atoms with Crippen molar-refractivity contribution in [1.82, 2.24) is 14.2 Å². The van der Waals surface area contributed by atoms with Crippen LogP contribution in [0.5, 0.6) is 5.75 Å². The molecule has 2 heterocycles. The Morgan fingerprint density at radius 2 is 1.91 bits per heavy atom. The number of ether oxygens (including phenoxy) is 1. The van der Waals surface area contributed by atoms with Gasteiger partial charge in [0, 0.05) is 49.8 Å². The van der Waals surface area contributed by atoms with Gasteiger partial charge in [0.2, 0.25) is 10.0 Å². The first-order chi connectivity index (χ1) is 15.4. The number of pyridine rings is 1. The Balaban J connectivity index is 0.00000204. The predicted molar refractivity (Wildman–Crippen MR) is 137 cm³/mol. The minimum absolute atomic E-state index is 0. The number of aromatic nitrogens is 1. The zero-order valence-electron chi connectivity index (χ0n) is 19.0. The lowest BCUT2D eigenvalue weighted by Gasteiger charge is -2.22. The minimum Gasteiger partial charge on any atom is -0.494 e. The first kappa shape index (κ1) is 28.3. The molecule has 1 saturated heterocycles. The molecule has 6 nitrogen and oxygen atoms in total. The first-order valence-electron chi connectivity index (χ1n) is 10.8. The van der Waals surface area contributed by atoms with Crippen molar-refractivity contribution in [2.24, 2.45) is 5.92 Å². The second-order valence-corrected chi connectivity index (χ2v) is 10.3. The number of nitrogens with zero attached hydrogens (tertiary/aromatic N) is 3. The van der Waals surface area contributed by atoms with Crippen LogP contribution in [-0.4, -0.2) is 62.4 Å². The van der Waals surface area contributed by atoms with Crippen molar-refractivity contribution in [3.05, 3.63) is 66.7 Å². The SMILES string of the molecule is CN(CC1CCN(CCCOc2ccc(F)cc2)C1)S(=O)(=O)c1cccc2cnccc12.Cl.Cl. The van der Waals surface area contributed by atoms with Gasteiger partial charge in [-0.15, -0.1) is 24.8 Å². The molecule has 0 amide bonds. The molecule has 34 heavy (non-hydrogen) atoms. The molecule has 2 aromatic carbocycles. The first-order valence-corrected chi connectivity index (χ1v) is 12.3. The molecule has 4 rings (SSSR count). The van der Waals surface area contributed by atoms with Crippen molar-refractivity contribution < 1.29 is 17.5 Å². The molecule has 1 aliphatic heterocycles. The van der Waals surface area contributed by atoms with Crippen LogP contribution in [0.3, 0.4) is 0 Å². The fraction of sp³-hybridized carbons (Fsp3) is 0.375. The summed E-state index contributed by atoms with van der Waals surface area (Å²) in [5.41, 5.74) is 0. The van der Waals surface area contributed by atoms with E-state index in [0.29, 0.717) is 35.1 Å². The Labute approximate surface area is 213 Å². The summed E-state index contributed by atoms with van der Waals surface area (Å²) < 4.78 is 46.5. The molecule has 0 spiro atoms. The highest BCUT2D eigenvalue weighted by molar-refractivity contribution is 7.89. The van der Waals surface area contributed by atoms with Crippen LogP contribution < -0.4 is 4.74 Å². The molecule has 0 saturated carbocycles. The molecule has 0 radical (unpaired) electrons. The normalized spacial score (nSPS) is 16.3. The van der Waals surface area contributed by atoms with Gasteiger partial charge in [-0.1, -0.05) is 12.1 Å². The van der Waals surface area contributed by atoms with Crippen molar-refractivity contribution in [3.63, 3.8) is 0 Å². The number of rotatable bonds is 9. The van der Waals surface area contributed by atoms with Crippen molar-refractivity contribution in [3.8, 4) is 5.75 Å². The van der Waals surface area contributed by atoms with Crippen LogP contribution in [0.1, 0.15) is 12.8 Å². The van der Waals surface area contributed by atoms with Crippen LogP contribution in [0, 0.1) is 11.7 Å². The minimum atomic E-state index is -3.58. The van der Waals surface area contributed by atoms with Gasteiger partial charge in [-0.05, 0) is 61.7 Å². The molecule has 186 valence electrons. The average molecular weight is 530 g/mol. The maximum absolute atomic E-state index is 13.2. The largest absolute Gasteiger partial charge is 0.494 e. The van der Waals surface area contributed by atoms with Gasteiger partial charge in [0.25, 0.3) is 0 Å². The predicted octanol–water partition coefficient (Wildman–Crippen LogP) is 4.63. The van der Waals surface area contributed by atoms with Gasteiger partial charge in [-0.25, -0.2) is 17.1 Å². The molecule has 0 aliphatic carbocycles. The smallest absolute Gasteiger partial charge is 0.243 e. The number of hydrogen-bond acceptors (Lipinski definition) is 5. The Morgan fingerprint density at radius 1 is 1.15 bits per heavy atom. The third kappa shape index (κ3) is 6.79. The lowest BCUT2D eigenvalue weighted by atomic mass is 10.1. The van der Waals surface area contributed by atoms with E-state index >= 15 is 0 Å². The fourth-order valence-electron chi connectivity index (χ4n) is 4.22. The monoisotopic (exact) mass is 529 g/mol. The van der Waals surface area contributed by atoms with Crippen molar-refractivity contribution in [2.75, 3.05) is 39.8 Å². The molecular weight excluding hydrogens is 500 g/mol. The summed E-state index contributed by atoms with van der Waals surface area (Å²) in [5, 5.41) is 1.51. The van der Waals surface area contributed by atoms with Gasteiger partial charge in [0.1, 0.15) is 11.6 Å². The third-order valence-corrected chi connectivity index (χ3v) is 7.80. The lowest BCUT2D eigenvalue weighted by molar-refractivity contribution is 0.255. The maximum atomic E-state index is 13.2. The summed E-state index contributed by atoms with van der Waals surface area (Å²) in [7, 11) is -1.92. The Morgan fingerprint density at radius 3 is 2.68 bits per heavy atom. The second kappa shape index (κ2) is 12.7. The molecule has 1 unspecified atom stereocenters. The van der Waals surface area contributed by atoms with Gasteiger partial charge < -0.3 is 9.64 Å². The number of fused-ring (bicyclic) bond motifs is 1. The van der Waals surface area contributed by atoms with E-state index < -0.39 is 10.0 Å². The van der Waals surface area contributed by atoms with Crippen LogP contribution in [-0.2, 0) is 10.0 Å². The Bertz CT molecular complexity index is 1160. The topological polar surface area (TPSA) is 62.7 Å². The van der Waals surface area contributed by atoms with Crippen molar-refractivity contribution in [2.45, 2.75) is 17.7 Å². The highest BCUT2D eigenvalue weighted by Gasteiger charge is 2.29. The Hall–Kier alpha value is -1.97. The van der Waals surface area contributed by atoms with E-state index in [9.17, 15) is 12.8 Å². The molecule has 0 N–H and O–H groups in total. The van der Waals surface area contributed by atoms with E-state index in [1.165, 1.54) is 16.4 Å². The molecule has 1 aromatic heterocycles. The molecule has 1 fully saturated rings. The quantitative estimate of drug-likeness (QED) is 0.378. The van der Waals surface area contributed by atoms with Crippen LogP contribution in [0.4, 0.5) is 4.39 Å². The van der Waals surface area contributed by atoms with E-state index in [1.54, 1.807) is 49.8 Å². The van der Waals surface area contributed by atoms with Crippen molar-refractivity contribution in [1.29, 1.82) is 0 Å². The van der Waals surface area contributed by atoms with Crippen LogP contribution in [0.2, 0.25) is 0 Å². The van der Waals surface area contributed by atoms with Gasteiger partial charge >= 0.3 is 0 Å². The fourth-order valence-corrected chi connectivity index (χ4v) is 5.68. The van der Waals surface area contributed by atoms with Gasteiger partial charge in [-0.3, -0.25) is 4.98 Å². The average Bonchev–Trinajstić information content (AvgIpc) is 3.24. The number of sulfonamides is 1. The number of hydrogen-bond donors (Lipinski definition) is 0. The second-order valence-electron chi connectivity index (χ2n) is 8.25. The summed E-state index contributed by atoms with van der Waals surface area (Å²) in [6.45, 7) is 3.78. The number of benzene rings is 2. The summed E-state index contributed by atoms with van der Waals surface area (Å²) in [6, 6.07) is 13.1. The van der Waals surface area contributed by atoms with E-state index in [4.69, 9.17) is 4.74 Å². The van der Waals surface area contributed by atoms with Crippen LogP contribution in [0.25, 0.3) is 10.8 Å². The molecule has 0 bridgehead atoms. The van der Waals surface area contributed by atoms with E-state index in [2.05, 4.69) is 9.88 Å². The van der Waals surface area contributed by atoms with Gasteiger partial charge in [0.15, 0.2) is 0 Å². The van der Waals surface area contributed by atoms with E-state index in [0.717, 1.165) is 37.9 Å². The summed E-state index contributed by atoms with van der Waals surface area (Å²) in [6.07, 6.45) is 5.14. The third-order valence-electron chi connectivity index (χ3n) is 5.92. The van der Waals surface area contributed by atoms with Crippen LogP contribution in [0.15, 0.2) is 65.8 Å². The Kier molecular flexibility index (Phi) is 10.5. The highest BCUT2D eigenvalue weighted by atomic mass is 35.5. The molecule has 1 aliphatic rings.